The topological polar surface area (TPSA) is 12.0 Å². The molecule has 0 amide bonds. The van der Waals surface area contributed by atoms with E-state index in [0.29, 0.717) is 18.4 Å². The van der Waals surface area contributed by atoms with Crippen LogP contribution in [0.15, 0.2) is 18.2 Å². The van der Waals surface area contributed by atoms with Gasteiger partial charge in [0.15, 0.2) is 0 Å². The number of halogens is 2. The van der Waals surface area contributed by atoms with Gasteiger partial charge in [-0.2, -0.15) is 0 Å². The molecule has 0 aliphatic heterocycles. The van der Waals surface area contributed by atoms with Gasteiger partial charge in [-0.05, 0) is 38.1 Å². The summed E-state index contributed by atoms with van der Waals surface area (Å²) >= 11 is 0. The highest BCUT2D eigenvalue weighted by Crippen LogP contribution is 2.22. The van der Waals surface area contributed by atoms with Crippen LogP contribution in [0, 0.1) is 24.0 Å². The molecule has 0 aliphatic carbocycles. The van der Waals surface area contributed by atoms with Crippen LogP contribution in [0.2, 0.25) is 0 Å². The second-order valence-electron chi connectivity index (χ2n) is 3.60. The molecule has 0 heterocycles. The molecule has 1 unspecified atom stereocenters. The summed E-state index contributed by atoms with van der Waals surface area (Å²) in [6.45, 7) is 0. The first-order valence-corrected chi connectivity index (χ1v) is 5.24. The van der Waals surface area contributed by atoms with Gasteiger partial charge < -0.3 is 5.32 Å². The van der Waals surface area contributed by atoms with Crippen LogP contribution in [0.5, 0.6) is 0 Å². The zero-order valence-electron chi connectivity index (χ0n) is 9.26. The number of rotatable bonds is 5. The Bertz CT molecular complexity index is 382. The van der Waals surface area contributed by atoms with E-state index >= 15 is 0 Å². The lowest BCUT2D eigenvalue weighted by Gasteiger charge is -2.16. The third-order valence-corrected chi connectivity index (χ3v) is 2.50. The lowest BCUT2D eigenvalue weighted by atomic mass is 10.0. The summed E-state index contributed by atoms with van der Waals surface area (Å²) in [7, 11) is 1.73. The Morgan fingerprint density at radius 2 is 2.19 bits per heavy atom. The van der Waals surface area contributed by atoms with Crippen LogP contribution in [0.1, 0.15) is 30.9 Å². The number of nitrogens with one attached hydrogen (secondary N) is 1. The maximum Gasteiger partial charge on any atom is 0.128 e. The van der Waals surface area contributed by atoms with E-state index in [4.69, 9.17) is 6.42 Å². The van der Waals surface area contributed by atoms with E-state index in [-0.39, 0.29) is 11.9 Å². The molecular formula is C13H15F2N. The summed E-state index contributed by atoms with van der Waals surface area (Å²) in [5.74, 6) is 1.72. The van der Waals surface area contributed by atoms with Crippen LogP contribution >= 0.6 is 0 Å². The molecule has 0 aliphatic rings. The SMILES string of the molecule is C#CCCCC(NC)c1cc(F)ccc1F. The van der Waals surface area contributed by atoms with Crippen molar-refractivity contribution >= 4 is 0 Å². The smallest absolute Gasteiger partial charge is 0.128 e. The Kier molecular flexibility index (Phi) is 4.94. The normalized spacial score (nSPS) is 12.1. The molecule has 1 aromatic carbocycles. The molecule has 0 aromatic heterocycles. The van der Waals surface area contributed by atoms with Crippen molar-refractivity contribution in [1.82, 2.24) is 5.32 Å². The molecule has 0 saturated heterocycles. The van der Waals surface area contributed by atoms with E-state index in [2.05, 4.69) is 11.2 Å². The zero-order valence-corrected chi connectivity index (χ0v) is 9.26. The fraction of sp³-hybridized carbons (Fsp3) is 0.385. The van der Waals surface area contributed by atoms with E-state index in [9.17, 15) is 8.78 Å². The van der Waals surface area contributed by atoms with Gasteiger partial charge in [-0.1, -0.05) is 0 Å². The Balaban J connectivity index is 2.78. The maximum absolute atomic E-state index is 13.5. The summed E-state index contributed by atoms with van der Waals surface area (Å²) in [5.41, 5.74) is 0.361. The standard InChI is InChI=1S/C13H15F2N/c1-3-4-5-6-13(16-2)11-9-10(14)7-8-12(11)15/h1,7-9,13,16H,4-6H2,2H3. The Morgan fingerprint density at radius 1 is 1.44 bits per heavy atom. The van der Waals surface area contributed by atoms with Gasteiger partial charge in [0, 0.05) is 18.0 Å². The van der Waals surface area contributed by atoms with Crippen molar-refractivity contribution < 1.29 is 8.78 Å². The van der Waals surface area contributed by atoms with Gasteiger partial charge in [-0.25, -0.2) is 8.78 Å². The number of benzene rings is 1. The lowest BCUT2D eigenvalue weighted by molar-refractivity contribution is 0.491. The second kappa shape index (κ2) is 6.24. The van der Waals surface area contributed by atoms with Crippen molar-refractivity contribution in [3.8, 4) is 12.3 Å². The van der Waals surface area contributed by atoms with Crippen molar-refractivity contribution in [2.24, 2.45) is 0 Å². The van der Waals surface area contributed by atoms with Crippen LogP contribution in [0.4, 0.5) is 8.78 Å². The first-order chi connectivity index (χ1) is 7.69. The van der Waals surface area contributed by atoms with E-state index in [1.807, 2.05) is 0 Å². The first-order valence-electron chi connectivity index (χ1n) is 5.24. The molecule has 0 fully saturated rings. The number of terminal acetylenes is 1. The molecule has 0 bridgehead atoms. The number of unbranched alkanes of at least 4 members (excludes halogenated alkanes) is 1. The van der Waals surface area contributed by atoms with Gasteiger partial charge in [0.05, 0.1) is 0 Å². The van der Waals surface area contributed by atoms with Gasteiger partial charge in [0.2, 0.25) is 0 Å². The molecule has 1 nitrogen and oxygen atoms in total. The summed E-state index contributed by atoms with van der Waals surface area (Å²) in [4.78, 5) is 0. The van der Waals surface area contributed by atoms with Crippen LogP contribution in [0.3, 0.4) is 0 Å². The molecule has 0 radical (unpaired) electrons. The molecule has 0 saturated carbocycles. The van der Waals surface area contributed by atoms with Crippen LogP contribution in [0.25, 0.3) is 0 Å². The molecule has 0 spiro atoms. The van der Waals surface area contributed by atoms with Crippen LogP contribution in [-0.2, 0) is 0 Å². The van der Waals surface area contributed by atoms with E-state index in [1.165, 1.54) is 6.07 Å². The molecule has 3 heteroatoms. The number of hydrogen-bond acceptors (Lipinski definition) is 1. The largest absolute Gasteiger partial charge is 0.313 e. The van der Waals surface area contributed by atoms with E-state index < -0.39 is 5.82 Å². The average Bonchev–Trinajstić information content (AvgIpc) is 2.28. The van der Waals surface area contributed by atoms with Crippen molar-refractivity contribution in [3.63, 3.8) is 0 Å². The third kappa shape index (κ3) is 3.32. The van der Waals surface area contributed by atoms with Gasteiger partial charge in [0.1, 0.15) is 11.6 Å². The highest BCUT2D eigenvalue weighted by molar-refractivity contribution is 5.22. The summed E-state index contributed by atoms with van der Waals surface area (Å²) < 4.78 is 26.5. The molecule has 16 heavy (non-hydrogen) atoms. The molecule has 1 aromatic rings. The predicted octanol–water partition coefficient (Wildman–Crippen LogP) is 3.03. The van der Waals surface area contributed by atoms with E-state index in [0.717, 1.165) is 18.6 Å². The van der Waals surface area contributed by atoms with Gasteiger partial charge in [-0.3, -0.25) is 0 Å². The lowest BCUT2D eigenvalue weighted by Crippen LogP contribution is -2.17. The summed E-state index contributed by atoms with van der Waals surface area (Å²) in [6, 6.07) is 3.30. The summed E-state index contributed by atoms with van der Waals surface area (Å²) in [6.07, 6.45) is 7.28. The molecule has 1 atom stereocenters. The molecule has 86 valence electrons. The first kappa shape index (κ1) is 12.7. The van der Waals surface area contributed by atoms with Crippen molar-refractivity contribution in [2.45, 2.75) is 25.3 Å². The predicted molar refractivity (Wildman–Crippen MR) is 60.8 cm³/mol. The highest BCUT2D eigenvalue weighted by atomic mass is 19.1. The summed E-state index contributed by atoms with van der Waals surface area (Å²) in [5, 5.41) is 2.97. The van der Waals surface area contributed by atoms with Gasteiger partial charge >= 0.3 is 0 Å². The molecule has 1 N–H and O–H groups in total. The van der Waals surface area contributed by atoms with Crippen LogP contribution in [-0.4, -0.2) is 7.05 Å². The number of hydrogen-bond donors (Lipinski definition) is 1. The molecular weight excluding hydrogens is 208 g/mol. The fourth-order valence-corrected chi connectivity index (χ4v) is 1.65. The maximum atomic E-state index is 13.5. The fourth-order valence-electron chi connectivity index (χ4n) is 1.65. The molecule has 1 rings (SSSR count). The van der Waals surface area contributed by atoms with Gasteiger partial charge in [-0.15, -0.1) is 12.3 Å². The Morgan fingerprint density at radius 3 is 2.81 bits per heavy atom. The Labute approximate surface area is 94.9 Å². The van der Waals surface area contributed by atoms with E-state index in [1.54, 1.807) is 7.05 Å². The quantitative estimate of drug-likeness (QED) is 0.597. The van der Waals surface area contributed by atoms with Crippen molar-refractivity contribution in [1.29, 1.82) is 0 Å². The van der Waals surface area contributed by atoms with Crippen molar-refractivity contribution in [3.05, 3.63) is 35.4 Å². The minimum absolute atomic E-state index is 0.191. The highest BCUT2D eigenvalue weighted by Gasteiger charge is 2.14. The minimum atomic E-state index is -0.423. The second-order valence-corrected chi connectivity index (χ2v) is 3.60. The third-order valence-electron chi connectivity index (χ3n) is 2.50. The van der Waals surface area contributed by atoms with Crippen LogP contribution < -0.4 is 5.32 Å². The minimum Gasteiger partial charge on any atom is -0.313 e. The Hall–Kier alpha value is -1.40. The van der Waals surface area contributed by atoms with Crippen molar-refractivity contribution in [2.75, 3.05) is 7.05 Å². The monoisotopic (exact) mass is 223 g/mol. The zero-order chi connectivity index (χ0) is 12.0. The average molecular weight is 223 g/mol. The van der Waals surface area contributed by atoms with Gasteiger partial charge in [0.25, 0.3) is 0 Å².